The van der Waals surface area contributed by atoms with Crippen LogP contribution in [0.15, 0.2) is 18.2 Å². The number of nitrogens with zero attached hydrogens (tertiary/aromatic N) is 1. The number of fused-ring (bicyclic) bond motifs is 1. The molecule has 0 unspecified atom stereocenters. The third-order valence-electron chi connectivity index (χ3n) is 5.31. The minimum Gasteiger partial charge on any atom is -0.342 e. The first kappa shape index (κ1) is 14.6. The second-order valence-electron chi connectivity index (χ2n) is 7.74. The Morgan fingerprint density at radius 2 is 1.86 bits per heavy atom. The maximum absolute atomic E-state index is 4.84. The topological polar surface area (TPSA) is 28.7 Å². The number of nitrogens with one attached hydrogen (secondary N) is 1. The van der Waals surface area contributed by atoms with Gasteiger partial charge >= 0.3 is 0 Å². The molecule has 1 heterocycles. The zero-order valence-electron chi connectivity index (χ0n) is 13.9. The largest absolute Gasteiger partial charge is 0.342 e. The van der Waals surface area contributed by atoms with Crippen LogP contribution in [-0.2, 0) is 6.42 Å². The highest BCUT2D eigenvalue weighted by atomic mass is 14.9. The number of hydrogen-bond acceptors (Lipinski definition) is 1. The third-order valence-corrected chi connectivity index (χ3v) is 5.31. The molecule has 1 saturated carbocycles. The summed E-state index contributed by atoms with van der Waals surface area (Å²) < 4.78 is 0. The minimum absolute atomic E-state index is 0.453. The molecule has 3 rings (SSSR count). The number of aromatic nitrogens is 2. The molecule has 0 bridgehead atoms. The van der Waals surface area contributed by atoms with Gasteiger partial charge in [0.2, 0.25) is 0 Å². The monoisotopic (exact) mass is 284 g/mol. The summed E-state index contributed by atoms with van der Waals surface area (Å²) in [7, 11) is 0. The predicted octanol–water partition coefficient (Wildman–Crippen LogP) is 5.45. The fraction of sp³-hybridized carbons (Fsp3) is 0.632. The zero-order chi connectivity index (χ0) is 15.0. The molecule has 1 N–H and O–H groups in total. The first-order valence-electron chi connectivity index (χ1n) is 8.46. The molecule has 0 spiro atoms. The van der Waals surface area contributed by atoms with Gasteiger partial charge in [0.05, 0.1) is 11.0 Å². The van der Waals surface area contributed by atoms with E-state index in [1.54, 1.807) is 0 Å². The summed E-state index contributed by atoms with van der Waals surface area (Å²) in [5.41, 5.74) is 4.17. The third kappa shape index (κ3) is 3.00. The first-order chi connectivity index (χ1) is 9.97. The zero-order valence-corrected chi connectivity index (χ0v) is 13.9. The molecule has 0 amide bonds. The van der Waals surface area contributed by atoms with Crippen molar-refractivity contribution in [3.8, 4) is 0 Å². The lowest BCUT2D eigenvalue weighted by Gasteiger charge is -2.36. The van der Waals surface area contributed by atoms with Crippen molar-refractivity contribution in [1.29, 1.82) is 0 Å². The molecular weight excluding hydrogens is 256 g/mol. The van der Waals surface area contributed by atoms with Crippen LogP contribution in [0.2, 0.25) is 0 Å². The molecule has 1 aliphatic carbocycles. The van der Waals surface area contributed by atoms with Crippen molar-refractivity contribution in [2.75, 3.05) is 0 Å². The van der Waals surface area contributed by atoms with Gasteiger partial charge in [0, 0.05) is 5.92 Å². The lowest BCUT2D eigenvalue weighted by Crippen LogP contribution is -2.25. The van der Waals surface area contributed by atoms with Crippen LogP contribution < -0.4 is 0 Å². The van der Waals surface area contributed by atoms with Crippen LogP contribution in [0.3, 0.4) is 0 Å². The Labute approximate surface area is 128 Å². The van der Waals surface area contributed by atoms with Gasteiger partial charge < -0.3 is 4.98 Å². The fourth-order valence-corrected chi connectivity index (χ4v) is 3.72. The van der Waals surface area contributed by atoms with Crippen molar-refractivity contribution < 1.29 is 0 Å². The van der Waals surface area contributed by atoms with E-state index in [0.717, 1.165) is 17.9 Å². The molecule has 114 valence electrons. The molecule has 1 fully saturated rings. The summed E-state index contributed by atoms with van der Waals surface area (Å²) in [6, 6.07) is 6.62. The van der Waals surface area contributed by atoms with Crippen molar-refractivity contribution in [2.45, 2.75) is 65.7 Å². The molecule has 0 radical (unpaired) electrons. The smallest absolute Gasteiger partial charge is 0.110 e. The van der Waals surface area contributed by atoms with Gasteiger partial charge in [0.1, 0.15) is 5.82 Å². The van der Waals surface area contributed by atoms with Crippen molar-refractivity contribution in [1.82, 2.24) is 9.97 Å². The highest BCUT2D eigenvalue weighted by Crippen LogP contribution is 2.42. The summed E-state index contributed by atoms with van der Waals surface area (Å²) >= 11 is 0. The number of hydrogen-bond donors (Lipinski definition) is 1. The van der Waals surface area contributed by atoms with Crippen LogP contribution in [0.5, 0.6) is 0 Å². The molecule has 21 heavy (non-hydrogen) atoms. The van der Waals surface area contributed by atoms with E-state index in [9.17, 15) is 0 Å². The van der Waals surface area contributed by atoms with E-state index in [4.69, 9.17) is 4.98 Å². The van der Waals surface area contributed by atoms with Crippen LogP contribution in [0.1, 0.15) is 70.7 Å². The Morgan fingerprint density at radius 3 is 2.48 bits per heavy atom. The van der Waals surface area contributed by atoms with Gasteiger partial charge in [-0.2, -0.15) is 0 Å². The molecule has 0 atom stereocenters. The molecule has 0 saturated heterocycles. The van der Waals surface area contributed by atoms with E-state index < -0.39 is 0 Å². The molecule has 1 aromatic heterocycles. The van der Waals surface area contributed by atoms with Gasteiger partial charge in [-0.05, 0) is 61.1 Å². The van der Waals surface area contributed by atoms with Crippen LogP contribution in [0.4, 0.5) is 0 Å². The van der Waals surface area contributed by atoms with Crippen molar-refractivity contribution in [3.05, 3.63) is 29.6 Å². The lowest BCUT2D eigenvalue weighted by atomic mass is 9.70. The molecular formula is C19H28N2. The number of H-pyrrole nitrogens is 1. The van der Waals surface area contributed by atoms with Gasteiger partial charge in [0.15, 0.2) is 0 Å². The summed E-state index contributed by atoms with van der Waals surface area (Å²) in [6.45, 7) is 9.34. The first-order valence-corrected chi connectivity index (χ1v) is 8.46. The summed E-state index contributed by atoms with van der Waals surface area (Å²) in [5.74, 6) is 2.71. The van der Waals surface area contributed by atoms with Gasteiger partial charge in [-0.1, -0.05) is 33.8 Å². The number of rotatable bonds is 2. The van der Waals surface area contributed by atoms with E-state index in [2.05, 4.69) is 50.9 Å². The number of benzene rings is 1. The van der Waals surface area contributed by atoms with E-state index in [0.29, 0.717) is 11.3 Å². The number of aromatic amines is 1. The van der Waals surface area contributed by atoms with Gasteiger partial charge in [0.25, 0.3) is 0 Å². The Hall–Kier alpha value is -1.31. The summed E-state index contributed by atoms with van der Waals surface area (Å²) in [4.78, 5) is 8.43. The van der Waals surface area contributed by atoms with E-state index in [1.807, 2.05) is 0 Å². The SMILES string of the molecule is CCc1ccc2nc(C3CCC(C(C)(C)C)CC3)[nH]c2c1. The van der Waals surface area contributed by atoms with Gasteiger partial charge in [-0.15, -0.1) is 0 Å². The van der Waals surface area contributed by atoms with Crippen molar-refractivity contribution in [2.24, 2.45) is 11.3 Å². The van der Waals surface area contributed by atoms with E-state index in [1.165, 1.54) is 42.6 Å². The Balaban J connectivity index is 1.76. The van der Waals surface area contributed by atoms with Crippen LogP contribution in [0.25, 0.3) is 11.0 Å². The average Bonchev–Trinajstić information content (AvgIpc) is 2.89. The quantitative estimate of drug-likeness (QED) is 0.781. The van der Waals surface area contributed by atoms with E-state index >= 15 is 0 Å². The maximum Gasteiger partial charge on any atom is 0.110 e. The molecule has 2 aromatic rings. The Morgan fingerprint density at radius 1 is 1.14 bits per heavy atom. The predicted molar refractivity (Wildman–Crippen MR) is 89.6 cm³/mol. The fourth-order valence-electron chi connectivity index (χ4n) is 3.72. The second kappa shape index (κ2) is 5.47. The standard InChI is InChI=1S/C19H28N2/c1-5-13-6-11-16-17(12-13)21-18(20-16)14-7-9-15(10-8-14)19(2,3)4/h6,11-12,14-15H,5,7-10H2,1-4H3,(H,20,21). The average molecular weight is 284 g/mol. The molecule has 2 nitrogen and oxygen atoms in total. The highest BCUT2D eigenvalue weighted by Gasteiger charge is 2.31. The highest BCUT2D eigenvalue weighted by molar-refractivity contribution is 5.76. The summed E-state index contributed by atoms with van der Waals surface area (Å²) in [6.07, 6.45) is 6.32. The van der Waals surface area contributed by atoms with Gasteiger partial charge in [-0.25, -0.2) is 4.98 Å². The van der Waals surface area contributed by atoms with Gasteiger partial charge in [-0.3, -0.25) is 0 Å². The van der Waals surface area contributed by atoms with Crippen molar-refractivity contribution >= 4 is 11.0 Å². The van der Waals surface area contributed by atoms with Crippen LogP contribution in [-0.4, -0.2) is 9.97 Å². The summed E-state index contributed by atoms with van der Waals surface area (Å²) in [5, 5.41) is 0. The van der Waals surface area contributed by atoms with Crippen LogP contribution in [0, 0.1) is 11.3 Å². The minimum atomic E-state index is 0.453. The second-order valence-corrected chi connectivity index (χ2v) is 7.74. The molecule has 0 aliphatic heterocycles. The van der Waals surface area contributed by atoms with Crippen molar-refractivity contribution in [3.63, 3.8) is 0 Å². The molecule has 1 aliphatic rings. The Bertz CT molecular complexity index is 610. The van der Waals surface area contributed by atoms with E-state index in [-0.39, 0.29) is 0 Å². The van der Waals surface area contributed by atoms with Crippen LogP contribution >= 0.6 is 0 Å². The number of aryl methyl sites for hydroxylation is 1. The molecule has 1 aromatic carbocycles. The maximum atomic E-state index is 4.84. The Kier molecular flexibility index (Phi) is 3.81. The lowest BCUT2D eigenvalue weighted by molar-refractivity contribution is 0.167. The molecule has 2 heteroatoms. The number of imidazole rings is 1. The normalized spacial score (nSPS) is 23.6.